The number of morpholine rings is 1. The fourth-order valence-electron chi connectivity index (χ4n) is 4.04. The van der Waals surface area contributed by atoms with Crippen LogP contribution < -0.4 is 4.90 Å². The molecule has 0 aromatic carbocycles. The molecule has 4 rings (SSSR count). The monoisotopic (exact) mass is 401 g/mol. The van der Waals surface area contributed by atoms with Gasteiger partial charge in [0.15, 0.2) is 9.84 Å². The van der Waals surface area contributed by atoms with Crippen molar-refractivity contribution < 1.29 is 17.9 Å². The van der Waals surface area contributed by atoms with Gasteiger partial charge >= 0.3 is 0 Å². The molecule has 144 valence electrons. The highest BCUT2D eigenvalue weighted by atomic mass is 35.5. The standard InChI is InChI=1S/C17H24ClN3O4S/c1-12-11-25-9-6-21(12)14-10-19-16(18)20-15(14)17(4-7-24-8-5-17)26(22,23)13-2-3-13/h10,12-13H,2-9,11H2,1H3/t12-/m0/s1. The predicted molar refractivity (Wildman–Crippen MR) is 98.3 cm³/mol. The van der Waals surface area contributed by atoms with Gasteiger partial charge in [-0.15, -0.1) is 0 Å². The molecule has 3 heterocycles. The quantitative estimate of drug-likeness (QED) is 0.713. The Hall–Kier alpha value is -0.960. The van der Waals surface area contributed by atoms with Gasteiger partial charge < -0.3 is 14.4 Å². The van der Waals surface area contributed by atoms with Crippen LogP contribution >= 0.6 is 11.6 Å². The van der Waals surface area contributed by atoms with Crippen LogP contribution in [-0.2, 0) is 24.1 Å². The molecule has 9 heteroatoms. The summed E-state index contributed by atoms with van der Waals surface area (Å²) in [4.78, 5) is 10.8. The second-order valence-corrected chi connectivity index (χ2v) is 10.2. The number of rotatable bonds is 4. The molecule has 7 nitrogen and oxygen atoms in total. The third kappa shape index (κ3) is 3.00. The molecular weight excluding hydrogens is 378 g/mol. The maximum absolute atomic E-state index is 13.5. The topological polar surface area (TPSA) is 81.6 Å². The van der Waals surface area contributed by atoms with Crippen LogP contribution in [0.3, 0.4) is 0 Å². The van der Waals surface area contributed by atoms with E-state index in [2.05, 4.69) is 21.8 Å². The van der Waals surface area contributed by atoms with Crippen molar-refractivity contribution in [1.29, 1.82) is 0 Å². The predicted octanol–water partition coefficient (Wildman–Crippen LogP) is 1.94. The number of sulfone groups is 1. The molecule has 0 radical (unpaired) electrons. The van der Waals surface area contributed by atoms with E-state index in [0.29, 0.717) is 51.5 Å². The summed E-state index contributed by atoms with van der Waals surface area (Å²) in [6.45, 7) is 4.74. The smallest absolute Gasteiger partial charge is 0.222 e. The molecule has 0 amide bonds. The summed E-state index contributed by atoms with van der Waals surface area (Å²) in [7, 11) is -3.39. The Balaban J connectivity index is 1.87. The molecule has 1 aliphatic carbocycles. The van der Waals surface area contributed by atoms with Gasteiger partial charge in [0.25, 0.3) is 0 Å². The molecule has 0 bridgehead atoms. The van der Waals surface area contributed by atoms with Crippen LogP contribution in [-0.4, -0.2) is 62.6 Å². The second kappa shape index (κ2) is 6.89. The molecule has 2 aliphatic heterocycles. The molecule has 3 fully saturated rings. The van der Waals surface area contributed by atoms with Crippen LogP contribution in [0.2, 0.25) is 5.28 Å². The van der Waals surface area contributed by atoms with Crippen molar-refractivity contribution in [3.05, 3.63) is 17.2 Å². The summed E-state index contributed by atoms with van der Waals surface area (Å²) in [5.74, 6) is 0. The van der Waals surface area contributed by atoms with Gasteiger partial charge in [-0.2, -0.15) is 0 Å². The number of anilines is 1. The van der Waals surface area contributed by atoms with Crippen LogP contribution in [0.4, 0.5) is 5.69 Å². The SMILES string of the molecule is C[C@H]1COCCN1c1cnc(Cl)nc1C1(S(=O)(=O)C2CC2)CCOCC1. The van der Waals surface area contributed by atoms with Crippen molar-refractivity contribution >= 4 is 27.1 Å². The third-order valence-electron chi connectivity index (χ3n) is 5.66. The second-order valence-electron chi connectivity index (χ2n) is 7.34. The Morgan fingerprint density at radius 3 is 2.62 bits per heavy atom. The summed E-state index contributed by atoms with van der Waals surface area (Å²) in [6.07, 6.45) is 3.95. The number of hydrogen-bond acceptors (Lipinski definition) is 7. The summed E-state index contributed by atoms with van der Waals surface area (Å²) in [5, 5.41) is -0.189. The Morgan fingerprint density at radius 1 is 1.23 bits per heavy atom. The first-order valence-electron chi connectivity index (χ1n) is 9.14. The highest BCUT2D eigenvalue weighted by Gasteiger charge is 2.55. The summed E-state index contributed by atoms with van der Waals surface area (Å²) < 4.78 is 37.0. The first-order valence-corrected chi connectivity index (χ1v) is 11.1. The fraction of sp³-hybridized carbons (Fsp3) is 0.765. The van der Waals surface area contributed by atoms with Gasteiger partial charge in [0, 0.05) is 25.8 Å². The van der Waals surface area contributed by atoms with Crippen LogP contribution in [0.5, 0.6) is 0 Å². The molecular formula is C17H24ClN3O4S. The Morgan fingerprint density at radius 2 is 1.96 bits per heavy atom. The normalized spacial score (nSPS) is 26.7. The zero-order valence-electron chi connectivity index (χ0n) is 14.9. The molecule has 3 aliphatic rings. The minimum absolute atomic E-state index is 0.0847. The van der Waals surface area contributed by atoms with Crippen molar-refractivity contribution in [2.24, 2.45) is 0 Å². The lowest BCUT2D eigenvalue weighted by atomic mass is 9.93. The summed E-state index contributed by atoms with van der Waals surface area (Å²) in [5.41, 5.74) is 1.30. The van der Waals surface area contributed by atoms with Crippen molar-refractivity contribution in [1.82, 2.24) is 9.97 Å². The van der Waals surface area contributed by atoms with Gasteiger partial charge in [-0.25, -0.2) is 18.4 Å². The van der Waals surface area contributed by atoms with Crippen molar-refractivity contribution in [3.63, 3.8) is 0 Å². The van der Waals surface area contributed by atoms with E-state index in [9.17, 15) is 8.42 Å². The van der Waals surface area contributed by atoms with E-state index in [4.69, 9.17) is 21.1 Å². The summed E-state index contributed by atoms with van der Waals surface area (Å²) >= 11 is 6.13. The van der Waals surface area contributed by atoms with Crippen LogP contribution in [0, 0.1) is 0 Å². The molecule has 0 unspecified atom stereocenters. The van der Waals surface area contributed by atoms with Crippen molar-refractivity contribution in [2.75, 3.05) is 37.9 Å². The average Bonchev–Trinajstić information content (AvgIpc) is 3.48. The number of ether oxygens (including phenoxy) is 2. The minimum atomic E-state index is -3.39. The van der Waals surface area contributed by atoms with E-state index < -0.39 is 14.6 Å². The highest BCUT2D eigenvalue weighted by molar-refractivity contribution is 7.93. The Labute approximate surface area is 159 Å². The Bertz CT molecular complexity index is 778. The molecule has 1 atom stereocenters. The molecule has 0 spiro atoms. The lowest BCUT2D eigenvalue weighted by Crippen LogP contribution is -2.48. The number of aromatic nitrogens is 2. The largest absolute Gasteiger partial charge is 0.381 e. The lowest BCUT2D eigenvalue weighted by molar-refractivity contribution is 0.0725. The number of halogens is 1. The van der Waals surface area contributed by atoms with Gasteiger partial charge in [-0.05, 0) is 44.2 Å². The molecule has 1 saturated carbocycles. The van der Waals surface area contributed by atoms with Gasteiger partial charge in [0.2, 0.25) is 5.28 Å². The maximum atomic E-state index is 13.5. The minimum Gasteiger partial charge on any atom is -0.381 e. The summed E-state index contributed by atoms with van der Waals surface area (Å²) in [6, 6.07) is 0.118. The average molecular weight is 402 g/mol. The van der Waals surface area contributed by atoms with E-state index in [-0.39, 0.29) is 16.6 Å². The zero-order chi connectivity index (χ0) is 18.4. The Kier molecular flexibility index (Phi) is 4.88. The molecule has 0 N–H and O–H groups in total. The molecule has 26 heavy (non-hydrogen) atoms. The molecule has 1 aromatic heterocycles. The zero-order valence-corrected chi connectivity index (χ0v) is 16.4. The van der Waals surface area contributed by atoms with E-state index in [0.717, 1.165) is 18.5 Å². The van der Waals surface area contributed by atoms with Crippen molar-refractivity contribution in [2.45, 2.75) is 48.6 Å². The number of nitrogens with zero attached hydrogens (tertiary/aromatic N) is 3. The molecule has 2 saturated heterocycles. The third-order valence-corrected chi connectivity index (χ3v) is 8.88. The fourth-order valence-corrected chi connectivity index (χ4v) is 6.72. The molecule has 1 aromatic rings. The van der Waals surface area contributed by atoms with Gasteiger partial charge in [0.05, 0.1) is 36.0 Å². The van der Waals surface area contributed by atoms with E-state index >= 15 is 0 Å². The highest BCUT2D eigenvalue weighted by Crippen LogP contribution is 2.49. The first-order chi connectivity index (χ1) is 12.5. The van der Waals surface area contributed by atoms with Gasteiger partial charge in [-0.1, -0.05) is 0 Å². The lowest BCUT2D eigenvalue weighted by Gasteiger charge is -2.41. The van der Waals surface area contributed by atoms with Crippen LogP contribution in [0.25, 0.3) is 0 Å². The van der Waals surface area contributed by atoms with E-state index in [1.54, 1.807) is 6.20 Å². The first kappa shape index (κ1) is 18.4. The van der Waals surface area contributed by atoms with Gasteiger partial charge in [0.1, 0.15) is 4.75 Å². The van der Waals surface area contributed by atoms with E-state index in [1.165, 1.54) is 0 Å². The van der Waals surface area contributed by atoms with Gasteiger partial charge in [-0.3, -0.25) is 0 Å². The number of hydrogen-bond donors (Lipinski definition) is 0. The van der Waals surface area contributed by atoms with E-state index in [1.807, 2.05) is 0 Å². The van der Waals surface area contributed by atoms with Crippen LogP contribution in [0.1, 0.15) is 38.3 Å². The van der Waals surface area contributed by atoms with Crippen LogP contribution in [0.15, 0.2) is 6.20 Å². The maximum Gasteiger partial charge on any atom is 0.222 e. The van der Waals surface area contributed by atoms with Crippen molar-refractivity contribution in [3.8, 4) is 0 Å².